The van der Waals surface area contributed by atoms with Gasteiger partial charge in [-0.1, -0.05) is 76.5 Å². The monoisotopic (exact) mass is 396 g/mol. The molecule has 3 fully saturated rings. The van der Waals surface area contributed by atoms with Crippen LogP contribution in [0.5, 0.6) is 0 Å². The van der Waals surface area contributed by atoms with Crippen molar-refractivity contribution >= 4 is 0 Å². The fraction of sp³-hybridized carbons (Fsp3) is 0.786. The lowest BCUT2D eigenvalue weighted by Gasteiger charge is -2.57. The molecule has 0 radical (unpaired) electrons. The first-order chi connectivity index (χ1) is 13.8. The van der Waals surface area contributed by atoms with Crippen molar-refractivity contribution in [2.45, 2.75) is 85.5 Å². The molecular formula is C28H44O. The summed E-state index contributed by atoms with van der Waals surface area (Å²) in [5.74, 6) is 4.17. The van der Waals surface area contributed by atoms with Crippen molar-refractivity contribution < 1.29 is 5.11 Å². The van der Waals surface area contributed by atoms with Crippen molar-refractivity contribution in [2.75, 3.05) is 6.61 Å². The Balaban J connectivity index is 1.53. The zero-order valence-corrected chi connectivity index (χ0v) is 19.4. The maximum absolute atomic E-state index is 9.39. The first-order valence-electron chi connectivity index (χ1n) is 12.5. The molecule has 0 aromatic heterocycles. The predicted molar refractivity (Wildman–Crippen MR) is 124 cm³/mol. The Hall–Kier alpha value is -0.820. The average molecular weight is 397 g/mol. The van der Waals surface area contributed by atoms with Gasteiger partial charge in [-0.15, -0.1) is 0 Å². The smallest absolute Gasteiger partial charge is 0.0496 e. The quantitative estimate of drug-likeness (QED) is 0.381. The average Bonchev–Trinajstić information content (AvgIpc) is 3.08. The third-order valence-electron chi connectivity index (χ3n) is 10.2. The minimum absolute atomic E-state index is 0.164. The molecule has 162 valence electrons. The molecule has 0 bridgehead atoms. The Bertz CT molecular complexity index is 686. The summed E-state index contributed by atoms with van der Waals surface area (Å²) in [7, 11) is 0. The van der Waals surface area contributed by atoms with E-state index in [2.05, 4.69) is 52.5 Å². The lowest BCUT2D eigenvalue weighted by Crippen LogP contribution is -2.48. The van der Waals surface area contributed by atoms with Crippen molar-refractivity contribution in [2.24, 2.45) is 46.3 Å². The topological polar surface area (TPSA) is 20.2 Å². The Labute approximate surface area is 179 Å². The van der Waals surface area contributed by atoms with E-state index < -0.39 is 0 Å². The summed E-state index contributed by atoms with van der Waals surface area (Å²) >= 11 is 0. The van der Waals surface area contributed by atoms with Crippen LogP contribution in [0.3, 0.4) is 0 Å². The largest absolute Gasteiger partial charge is 0.396 e. The molecule has 0 aromatic carbocycles. The van der Waals surface area contributed by atoms with Gasteiger partial charge in [0.05, 0.1) is 0 Å². The van der Waals surface area contributed by atoms with E-state index in [0.29, 0.717) is 16.7 Å². The maximum Gasteiger partial charge on any atom is 0.0496 e. The predicted octanol–water partition coefficient (Wildman–Crippen LogP) is 7.33. The van der Waals surface area contributed by atoms with Gasteiger partial charge in [0.1, 0.15) is 0 Å². The summed E-state index contributed by atoms with van der Waals surface area (Å²) in [6.45, 7) is 14.1. The Morgan fingerprint density at radius 2 is 1.86 bits per heavy atom. The second-order valence-electron chi connectivity index (χ2n) is 11.6. The molecule has 2 unspecified atom stereocenters. The first kappa shape index (κ1) is 21.4. The van der Waals surface area contributed by atoms with Crippen LogP contribution in [0.2, 0.25) is 0 Å². The highest BCUT2D eigenvalue weighted by molar-refractivity contribution is 5.28. The van der Waals surface area contributed by atoms with E-state index in [1.54, 1.807) is 0 Å². The summed E-state index contributed by atoms with van der Waals surface area (Å²) in [5, 5.41) is 9.39. The van der Waals surface area contributed by atoms with Crippen molar-refractivity contribution in [3.05, 3.63) is 36.0 Å². The molecule has 1 nitrogen and oxygen atoms in total. The first-order valence-corrected chi connectivity index (χ1v) is 12.5. The zero-order chi connectivity index (χ0) is 20.8. The Kier molecular flexibility index (Phi) is 5.93. The fourth-order valence-electron chi connectivity index (χ4n) is 8.14. The number of aliphatic hydroxyl groups excluding tert-OH is 1. The number of aliphatic hydroxyl groups is 1. The van der Waals surface area contributed by atoms with Gasteiger partial charge >= 0.3 is 0 Å². The van der Waals surface area contributed by atoms with Crippen LogP contribution in [0.1, 0.15) is 85.5 Å². The van der Waals surface area contributed by atoms with Crippen molar-refractivity contribution in [3.63, 3.8) is 0 Å². The number of hydrogen-bond donors (Lipinski definition) is 1. The van der Waals surface area contributed by atoms with Gasteiger partial charge in [0.2, 0.25) is 0 Å². The van der Waals surface area contributed by atoms with Crippen molar-refractivity contribution in [3.8, 4) is 0 Å². The van der Waals surface area contributed by atoms with Crippen molar-refractivity contribution in [1.82, 2.24) is 0 Å². The third-order valence-corrected chi connectivity index (χ3v) is 10.2. The molecule has 8 atom stereocenters. The van der Waals surface area contributed by atoms with E-state index in [-0.39, 0.29) is 12.5 Å². The van der Waals surface area contributed by atoms with Crippen LogP contribution in [0.4, 0.5) is 0 Å². The highest BCUT2D eigenvalue weighted by Crippen LogP contribution is 2.66. The van der Waals surface area contributed by atoms with Crippen LogP contribution in [0.15, 0.2) is 36.0 Å². The normalized spacial score (nSPS) is 43.8. The van der Waals surface area contributed by atoms with E-state index >= 15 is 0 Å². The van der Waals surface area contributed by atoms with Crippen LogP contribution in [-0.2, 0) is 0 Å². The summed E-state index contributed by atoms with van der Waals surface area (Å²) in [6, 6.07) is 0. The molecule has 1 heteroatoms. The molecule has 3 saturated carbocycles. The van der Waals surface area contributed by atoms with Gasteiger partial charge in [-0.25, -0.2) is 0 Å². The van der Waals surface area contributed by atoms with Gasteiger partial charge in [-0.2, -0.15) is 0 Å². The molecule has 0 spiro atoms. The summed E-state index contributed by atoms with van der Waals surface area (Å²) < 4.78 is 0. The van der Waals surface area contributed by atoms with E-state index in [0.717, 1.165) is 29.2 Å². The summed E-state index contributed by atoms with van der Waals surface area (Å²) in [6.07, 6.45) is 20.2. The third kappa shape index (κ3) is 3.50. The fourth-order valence-corrected chi connectivity index (χ4v) is 8.14. The number of allylic oxidation sites excluding steroid dienone is 4. The molecule has 0 aliphatic heterocycles. The van der Waals surface area contributed by atoms with Gasteiger partial charge in [0, 0.05) is 12.5 Å². The standard InChI is InChI=1S/C28H44O/c1-19(21(3)18-29)9-10-20(2)24-13-14-25-23-12-11-22-8-6-7-16-27(22,4)26(23)15-17-28(24,25)5/h9-10,12,20-22,24-26,29H,1,6-8,11,13-18H2,2-5H3/t20-,21?,22?,24-,25+,26+,27+,28-/m1/s1. The number of fused-ring (bicyclic) bond motifs is 5. The molecule has 1 N–H and O–H groups in total. The van der Waals surface area contributed by atoms with Crippen LogP contribution in [-0.4, -0.2) is 11.7 Å². The highest BCUT2D eigenvalue weighted by atomic mass is 16.3. The van der Waals surface area contributed by atoms with Crippen LogP contribution >= 0.6 is 0 Å². The molecule has 0 heterocycles. The maximum atomic E-state index is 9.39. The Morgan fingerprint density at radius 3 is 2.62 bits per heavy atom. The minimum atomic E-state index is 0.164. The van der Waals surface area contributed by atoms with E-state index in [1.807, 2.05) is 5.57 Å². The molecule has 4 rings (SSSR count). The van der Waals surface area contributed by atoms with Gasteiger partial charge in [0.25, 0.3) is 0 Å². The zero-order valence-electron chi connectivity index (χ0n) is 19.4. The van der Waals surface area contributed by atoms with E-state index in [1.165, 1.54) is 57.8 Å². The molecule has 4 aliphatic rings. The molecule has 0 saturated heterocycles. The second kappa shape index (κ2) is 8.03. The molecule has 0 aromatic rings. The summed E-state index contributed by atoms with van der Waals surface area (Å²) in [4.78, 5) is 0. The van der Waals surface area contributed by atoms with Gasteiger partial charge in [-0.3, -0.25) is 0 Å². The van der Waals surface area contributed by atoms with Gasteiger partial charge < -0.3 is 5.11 Å². The molecular weight excluding hydrogens is 352 g/mol. The molecule has 0 amide bonds. The summed E-state index contributed by atoms with van der Waals surface area (Å²) in [5.41, 5.74) is 4.00. The van der Waals surface area contributed by atoms with Gasteiger partial charge in [-0.05, 0) is 85.4 Å². The van der Waals surface area contributed by atoms with E-state index in [4.69, 9.17) is 0 Å². The second-order valence-corrected chi connectivity index (χ2v) is 11.6. The van der Waals surface area contributed by atoms with Gasteiger partial charge in [0.15, 0.2) is 0 Å². The molecule has 4 aliphatic carbocycles. The highest BCUT2D eigenvalue weighted by Gasteiger charge is 2.57. The van der Waals surface area contributed by atoms with Crippen LogP contribution in [0, 0.1) is 46.3 Å². The number of rotatable bonds is 5. The van der Waals surface area contributed by atoms with Crippen LogP contribution in [0.25, 0.3) is 0 Å². The SMILES string of the molecule is C=C(C=C[C@@H](C)[C@H]1CC[C@H]2C3=CCC4CCCC[C@]4(C)[C@H]3CC[C@]12C)C(C)CO. The minimum Gasteiger partial charge on any atom is -0.396 e. The number of hydrogen-bond acceptors (Lipinski definition) is 1. The van der Waals surface area contributed by atoms with E-state index in [9.17, 15) is 5.11 Å². The lowest BCUT2D eigenvalue weighted by atomic mass is 9.48. The molecule has 29 heavy (non-hydrogen) atoms. The lowest BCUT2D eigenvalue weighted by molar-refractivity contribution is -0.00479. The van der Waals surface area contributed by atoms with Crippen molar-refractivity contribution in [1.29, 1.82) is 0 Å². The van der Waals surface area contributed by atoms with Crippen LogP contribution < -0.4 is 0 Å². The Morgan fingerprint density at radius 1 is 1.10 bits per heavy atom.